The highest BCUT2D eigenvalue weighted by Crippen LogP contribution is 2.18. The van der Waals surface area contributed by atoms with Gasteiger partial charge in [-0.1, -0.05) is 39.7 Å². The summed E-state index contributed by atoms with van der Waals surface area (Å²) in [5.74, 6) is 0. The molecule has 1 unspecified atom stereocenters. The fourth-order valence-corrected chi connectivity index (χ4v) is 1.34. The molecule has 70 valence electrons. The van der Waals surface area contributed by atoms with Crippen molar-refractivity contribution in [1.29, 1.82) is 0 Å². The molecule has 0 heterocycles. The maximum Gasteiger partial charge on any atom is 0.0974 e. The first-order chi connectivity index (χ1) is 6.09. The molecule has 0 aromatic heterocycles. The molecule has 0 amide bonds. The first-order valence-corrected chi connectivity index (χ1v) is 4.97. The van der Waals surface area contributed by atoms with E-state index < -0.39 is 6.10 Å². The fraction of sp³-hybridized carbons (Fsp3) is 0.273. The second-order valence-electron chi connectivity index (χ2n) is 3.24. The summed E-state index contributed by atoms with van der Waals surface area (Å²) in [5.41, 5.74) is 2.04. The van der Waals surface area contributed by atoms with Gasteiger partial charge in [0.15, 0.2) is 0 Å². The van der Waals surface area contributed by atoms with E-state index in [4.69, 9.17) is 0 Å². The quantitative estimate of drug-likeness (QED) is 0.786. The molecule has 1 N–H and O–H groups in total. The third-order valence-electron chi connectivity index (χ3n) is 1.70. The summed E-state index contributed by atoms with van der Waals surface area (Å²) < 4.78 is 1.03. The summed E-state index contributed by atoms with van der Waals surface area (Å²) in [6.07, 6.45) is 1.35. The second-order valence-corrected chi connectivity index (χ2v) is 4.16. The van der Waals surface area contributed by atoms with Gasteiger partial charge in [-0.25, -0.2) is 0 Å². The molecule has 0 aliphatic rings. The topological polar surface area (TPSA) is 20.2 Å². The number of aliphatic hydroxyl groups excluding tert-OH is 1. The van der Waals surface area contributed by atoms with Gasteiger partial charge in [0.25, 0.3) is 0 Å². The monoisotopic (exact) mass is 240 g/mol. The van der Waals surface area contributed by atoms with Gasteiger partial charge in [0.05, 0.1) is 6.10 Å². The van der Waals surface area contributed by atoms with E-state index in [0.717, 1.165) is 15.6 Å². The van der Waals surface area contributed by atoms with Crippen molar-refractivity contribution in [3.63, 3.8) is 0 Å². The number of halogens is 1. The Morgan fingerprint density at radius 2 is 1.85 bits per heavy atom. The summed E-state index contributed by atoms with van der Waals surface area (Å²) in [4.78, 5) is 0. The van der Waals surface area contributed by atoms with Crippen LogP contribution in [0.2, 0.25) is 0 Å². The summed E-state index contributed by atoms with van der Waals surface area (Å²) in [5, 5.41) is 9.69. The van der Waals surface area contributed by atoms with Crippen LogP contribution in [0.4, 0.5) is 0 Å². The van der Waals surface area contributed by atoms with E-state index in [1.165, 1.54) is 0 Å². The molecule has 0 spiro atoms. The van der Waals surface area contributed by atoms with Crippen molar-refractivity contribution in [1.82, 2.24) is 0 Å². The lowest BCUT2D eigenvalue weighted by Gasteiger charge is -2.06. The van der Waals surface area contributed by atoms with Gasteiger partial charge >= 0.3 is 0 Å². The van der Waals surface area contributed by atoms with Crippen molar-refractivity contribution in [2.45, 2.75) is 20.0 Å². The van der Waals surface area contributed by atoms with Gasteiger partial charge in [0.1, 0.15) is 0 Å². The molecule has 0 fully saturated rings. The third-order valence-corrected chi connectivity index (χ3v) is 2.23. The Balaban J connectivity index is 2.83. The van der Waals surface area contributed by atoms with Gasteiger partial charge in [-0.2, -0.15) is 0 Å². The summed E-state index contributed by atoms with van der Waals surface area (Å²) in [6, 6.07) is 7.68. The zero-order valence-electron chi connectivity index (χ0n) is 7.79. The van der Waals surface area contributed by atoms with Gasteiger partial charge in [0.2, 0.25) is 0 Å². The van der Waals surface area contributed by atoms with Crippen LogP contribution in [0.5, 0.6) is 0 Å². The SMILES string of the molecule is CC(C)=CC(O)c1ccc(Br)cc1. The van der Waals surface area contributed by atoms with Crippen molar-refractivity contribution in [3.05, 3.63) is 46.0 Å². The molecule has 13 heavy (non-hydrogen) atoms. The summed E-state index contributed by atoms with van der Waals surface area (Å²) in [6.45, 7) is 3.95. The van der Waals surface area contributed by atoms with Crippen LogP contribution in [0.15, 0.2) is 40.4 Å². The Bertz CT molecular complexity index is 296. The molecule has 1 rings (SSSR count). The minimum atomic E-state index is -0.488. The van der Waals surface area contributed by atoms with E-state index in [1.54, 1.807) is 0 Å². The maximum atomic E-state index is 9.69. The van der Waals surface area contributed by atoms with Crippen LogP contribution in [-0.2, 0) is 0 Å². The Hall–Kier alpha value is -0.600. The molecule has 0 aliphatic carbocycles. The molecule has 0 aliphatic heterocycles. The molecule has 1 aromatic carbocycles. The Kier molecular flexibility index (Phi) is 3.70. The Morgan fingerprint density at radius 1 is 1.31 bits per heavy atom. The largest absolute Gasteiger partial charge is 0.384 e. The molecule has 1 atom stereocenters. The summed E-state index contributed by atoms with van der Waals surface area (Å²) >= 11 is 3.35. The van der Waals surface area contributed by atoms with Crippen LogP contribution < -0.4 is 0 Å². The van der Waals surface area contributed by atoms with Gasteiger partial charge in [-0.15, -0.1) is 0 Å². The van der Waals surface area contributed by atoms with Crippen molar-refractivity contribution in [2.24, 2.45) is 0 Å². The third kappa shape index (κ3) is 3.33. The second kappa shape index (κ2) is 4.58. The van der Waals surface area contributed by atoms with E-state index >= 15 is 0 Å². The highest BCUT2D eigenvalue weighted by molar-refractivity contribution is 9.10. The van der Waals surface area contributed by atoms with Crippen molar-refractivity contribution in [3.8, 4) is 0 Å². The number of benzene rings is 1. The van der Waals surface area contributed by atoms with Crippen molar-refractivity contribution >= 4 is 15.9 Å². The van der Waals surface area contributed by atoms with Gasteiger partial charge in [-0.05, 0) is 31.5 Å². The van der Waals surface area contributed by atoms with Crippen molar-refractivity contribution in [2.75, 3.05) is 0 Å². The number of hydrogen-bond acceptors (Lipinski definition) is 1. The lowest BCUT2D eigenvalue weighted by atomic mass is 10.1. The van der Waals surface area contributed by atoms with E-state index in [9.17, 15) is 5.11 Å². The molecule has 0 bridgehead atoms. The standard InChI is InChI=1S/C11H13BrO/c1-8(2)7-11(13)9-3-5-10(12)6-4-9/h3-7,11,13H,1-2H3. The Labute approximate surface area is 87.2 Å². The molecule has 1 nitrogen and oxygen atoms in total. The highest BCUT2D eigenvalue weighted by atomic mass is 79.9. The van der Waals surface area contributed by atoms with Crippen LogP contribution in [0.1, 0.15) is 25.5 Å². The Morgan fingerprint density at radius 3 is 2.31 bits per heavy atom. The minimum Gasteiger partial charge on any atom is -0.384 e. The zero-order chi connectivity index (χ0) is 9.84. The van der Waals surface area contributed by atoms with E-state index in [-0.39, 0.29) is 0 Å². The first-order valence-electron chi connectivity index (χ1n) is 4.18. The zero-order valence-corrected chi connectivity index (χ0v) is 9.38. The molecule has 1 aromatic rings. The molecule has 0 radical (unpaired) electrons. The lowest BCUT2D eigenvalue weighted by Crippen LogP contribution is -1.92. The predicted molar refractivity (Wildman–Crippen MR) is 58.5 cm³/mol. The number of aliphatic hydroxyl groups is 1. The van der Waals surface area contributed by atoms with Crippen LogP contribution in [0.25, 0.3) is 0 Å². The van der Waals surface area contributed by atoms with E-state index in [1.807, 2.05) is 44.2 Å². The highest BCUT2D eigenvalue weighted by Gasteiger charge is 2.02. The normalized spacial score (nSPS) is 12.3. The fourth-order valence-electron chi connectivity index (χ4n) is 1.07. The molecule has 0 saturated heterocycles. The molecule has 0 saturated carbocycles. The summed E-state index contributed by atoms with van der Waals surface area (Å²) in [7, 11) is 0. The number of hydrogen-bond donors (Lipinski definition) is 1. The average Bonchev–Trinajstić information content (AvgIpc) is 2.04. The van der Waals surface area contributed by atoms with Crippen LogP contribution in [0.3, 0.4) is 0 Å². The lowest BCUT2D eigenvalue weighted by molar-refractivity contribution is 0.227. The van der Waals surface area contributed by atoms with Gasteiger partial charge in [-0.3, -0.25) is 0 Å². The van der Waals surface area contributed by atoms with Crippen LogP contribution in [0, 0.1) is 0 Å². The van der Waals surface area contributed by atoms with Crippen molar-refractivity contribution < 1.29 is 5.11 Å². The minimum absolute atomic E-state index is 0.488. The van der Waals surface area contributed by atoms with E-state index in [0.29, 0.717) is 0 Å². The van der Waals surface area contributed by atoms with Gasteiger partial charge < -0.3 is 5.11 Å². The maximum absolute atomic E-state index is 9.69. The smallest absolute Gasteiger partial charge is 0.0974 e. The molecular weight excluding hydrogens is 228 g/mol. The van der Waals surface area contributed by atoms with E-state index in [2.05, 4.69) is 15.9 Å². The number of allylic oxidation sites excluding steroid dienone is 1. The predicted octanol–water partition coefficient (Wildman–Crippen LogP) is 3.45. The molecule has 2 heteroatoms. The number of rotatable bonds is 2. The average molecular weight is 241 g/mol. The first kappa shape index (κ1) is 10.5. The van der Waals surface area contributed by atoms with Crippen LogP contribution in [-0.4, -0.2) is 5.11 Å². The van der Waals surface area contributed by atoms with Gasteiger partial charge in [0, 0.05) is 4.47 Å². The van der Waals surface area contributed by atoms with Crippen LogP contribution >= 0.6 is 15.9 Å². The molecular formula is C11H13BrO.